The molecule has 0 spiro atoms. The standard InChI is InChI=1S/C14H10ClNOS/c15-13-5-1-3-10-7-12(18-14(10)13)9-17-11-4-2-6-16-8-11/h1-8H,9H2. The molecule has 4 heteroatoms. The van der Waals surface area contributed by atoms with Crippen molar-refractivity contribution in [1.82, 2.24) is 4.98 Å². The molecule has 90 valence electrons. The first-order chi connectivity index (χ1) is 8.83. The lowest BCUT2D eigenvalue weighted by molar-refractivity contribution is 0.308. The van der Waals surface area contributed by atoms with Gasteiger partial charge in [0, 0.05) is 11.1 Å². The fourth-order valence-electron chi connectivity index (χ4n) is 1.74. The number of thiophene rings is 1. The van der Waals surface area contributed by atoms with Gasteiger partial charge in [-0.1, -0.05) is 23.7 Å². The normalized spacial score (nSPS) is 10.7. The molecule has 0 unspecified atom stereocenters. The molecule has 0 fully saturated rings. The number of nitrogens with zero attached hydrogens (tertiary/aromatic N) is 1. The summed E-state index contributed by atoms with van der Waals surface area (Å²) in [6.45, 7) is 0.543. The molecule has 0 bridgehead atoms. The molecule has 2 nitrogen and oxygen atoms in total. The van der Waals surface area contributed by atoms with Crippen LogP contribution in [-0.2, 0) is 6.61 Å². The highest BCUT2D eigenvalue weighted by Crippen LogP contribution is 2.32. The number of fused-ring (bicyclic) bond motifs is 1. The van der Waals surface area contributed by atoms with E-state index in [4.69, 9.17) is 16.3 Å². The Morgan fingerprint density at radius 2 is 2.17 bits per heavy atom. The molecule has 0 atom stereocenters. The third-order valence-electron chi connectivity index (χ3n) is 2.56. The highest BCUT2D eigenvalue weighted by molar-refractivity contribution is 7.19. The summed E-state index contributed by atoms with van der Waals surface area (Å²) in [5.74, 6) is 0.779. The second-order valence-corrected chi connectivity index (χ2v) is 5.39. The molecule has 2 heterocycles. The van der Waals surface area contributed by atoms with E-state index in [1.807, 2.05) is 24.3 Å². The third kappa shape index (κ3) is 2.33. The summed E-state index contributed by atoms with van der Waals surface area (Å²) in [6, 6.07) is 11.8. The van der Waals surface area contributed by atoms with Crippen LogP contribution in [0, 0.1) is 0 Å². The Hall–Kier alpha value is -1.58. The Morgan fingerprint density at radius 3 is 2.94 bits per heavy atom. The summed E-state index contributed by atoms with van der Waals surface area (Å²) in [4.78, 5) is 5.17. The van der Waals surface area contributed by atoms with E-state index in [9.17, 15) is 0 Å². The van der Waals surface area contributed by atoms with Crippen LogP contribution in [-0.4, -0.2) is 4.98 Å². The fourth-order valence-corrected chi connectivity index (χ4v) is 3.01. The van der Waals surface area contributed by atoms with Gasteiger partial charge in [0.15, 0.2) is 0 Å². The van der Waals surface area contributed by atoms with Crippen LogP contribution >= 0.6 is 22.9 Å². The van der Waals surface area contributed by atoms with Crippen LogP contribution in [0.3, 0.4) is 0 Å². The van der Waals surface area contributed by atoms with E-state index in [-0.39, 0.29) is 0 Å². The third-order valence-corrected chi connectivity index (χ3v) is 4.15. The second-order valence-electron chi connectivity index (χ2n) is 3.85. The highest BCUT2D eigenvalue weighted by Gasteiger charge is 2.05. The largest absolute Gasteiger partial charge is 0.486 e. The van der Waals surface area contributed by atoms with E-state index in [0.29, 0.717) is 6.61 Å². The maximum Gasteiger partial charge on any atom is 0.138 e. The smallest absolute Gasteiger partial charge is 0.138 e. The van der Waals surface area contributed by atoms with Crippen LogP contribution in [0.15, 0.2) is 48.8 Å². The van der Waals surface area contributed by atoms with E-state index in [2.05, 4.69) is 17.1 Å². The average Bonchev–Trinajstić information content (AvgIpc) is 2.82. The topological polar surface area (TPSA) is 22.1 Å². The zero-order chi connectivity index (χ0) is 12.4. The van der Waals surface area contributed by atoms with Gasteiger partial charge < -0.3 is 4.74 Å². The Balaban J connectivity index is 1.81. The molecule has 3 rings (SSSR count). The average molecular weight is 276 g/mol. The number of pyridine rings is 1. The van der Waals surface area contributed by atoms with Crippen molar-refractivity contribution in [2.24, 2.45) is 0 Å². The minimum absolute atomic E-state index is 0.543. The van der Waals surface area contributed by atoms with E-state index in [1.165, 1.54) is 0 Å². The first-order valence-corrected chi connectivity index (χ1v) is 6.72. The number of rotatable bonds is 3. The van der Waals surface area contributed by atoms with E-state index in [0.717, 1.165) is 25.7 Å². The molecular weight excluding hydrogens is 266 g/mol. The lowest BCUT2D eigenvalue weighted by Crippen LogP contribution is -1.92. The van der Waals surface area contributed by atoms with Crippen molar-refractivity contribution in [2.75, 3.05) is 0 Å². The molecule has 0 amide bonds. The van der Waals surface area contributed by atoms with Gasteiger partial charge in [-0.3, -0.25) is 4.98 Å². The first kappa shape index (κ1) is 11.5. The maximum absolute atomic E-state index is 6.15. The molecule has 18 heavy (non-hydrogen) atoms. The van der Waals surface area contributed by atoms with Crippen LogP contribution in [0.2, 0.25) is 5.02 Å². The Labute approximate surface area is 114 Å². The summed E-state index contributed by atoms with van der Waals surface area (Å²) in [7, 11) is 0. The molecule has 0 aliphatic rings. The summed E-state index contributed by atoms with van der Waals surface area (Å²) in [6.07, 6.45) is 3.44. The number of aromatic nitrogens is 1. The van der Waals surface area contributed by atoms with Gasteiger partial charge in [-0.05, 0) is 29.7 Å². The van der Waals surface area contributed by atoms with Gasteiger partial charge in [0.1, 0.15) is 12.4 Å². The minimum Gasteiger partial charge on any atom is -0.486 e. The molecule has 0 aliphatic heterocycles. The number of hydrogen-bond acceptors (Lipinski definition) is 3. The van der Waals surface area contributed by atoms with Crippen LogP contribution in [0.25, 0.3) is 10.1 Å². The van der Waals surface area contributed by atoms with Crippen molar-refractivity contribution in [2.45, 2.75) is 6.61 Å². The number of hydrogen-bond donors (Lipinski definition) is 0. The van der Waals surface area contributed by atoms with Crippen LogP contribution in [0.4, 0.5) is 0 Å². The summed E-state index contributed by atoms with van der Waals surface area (Å²) < 4.78 is 6.78. The first-order valence-electron chi connectivity index (χ1n) is 5.53. The van der Waals surface area contributed by atoms with Gasteiger partial charge in [0.2, 0.25) is 0 Å². The van der Waals surface area contributed by atoms with Crippen LogP contribution in [0.1, 0.15) is 4.88 Å². The van der Waals surface area contributed by atoms with Crippen LogP contribution < -0.4 is 4.74 Å². The van der Waals surface area contributed by atoms with Gasteiger partial charge in [-0.2, -0.15) is 0 Å². The molecule has 0 N–H and O–H groups in total. The van der Waals surface area contributed by atoms with Gasteiger partial charge in [0.25, 0.3) is 0 Å². The summed E-state index contributed by atoms with van der Waals surface area (Å²) in [5, 5.41) is 1.96. The van der Waals surface area contributed by atoms with Gasteiger partial charge in [-0.25, -0.2) is 0 Å². The van der Waals surface area contributed by atoms with Crippen LogP contribution in [0.5, 0.6) is 5.75 Å². The lowest BCUT2D eigenvalue weighted by atomic mass is 10.2. The molecule has 0 saturated carbocycles. The molecule has 3 aromatic rings. The van der Waals surface area contributed by atoms with Gasteiger partial charge in [-0.15, -0.1) is 11.3 Å². The van der Waals surface area contributed by atoms with Gasteiger partial charge >= 0.3 is 0 Å². The molecular formula is C14H10ClNOS. The van der Waals surface area contributed by atoms with Crippen molar-refractivity contribution < 1.29 is 4.74 Å². The summed E-state index contributed by atoms with van der Waals surface area (Å²) >= 11 is 7.81. The predicted octanol–water partition coefficient (Wildman–Crippen LogP) is 4.53. The van der Waals surface area contributed by atoms with Gasteiger partial charge in [0.05, 0.1) is 15.9 Å². The van der Waals surface area contributed by atoms with Crippen molar-refractivity contribution in [3.63, 3.8) is 0 Å². The molecule has 1 aromatic carbocycles. The fraction of sp³-hybridized carbons (Fsp3) is 0.0714. The Bertz CT molecular complexity index is 666. The number of halogens is 1. The number of benzene rings is 1. The Kier molecular flexibility index (Phi) is 3.17. The monoisotopic (exact) mass is 275 g/mol. The van der Waals surface area contributed by atoms with E-state index < -0.39 is 0 Å². The highest BCUT2D eigenvalue weighted by atomic mass is 35.5. The lowest BCUT2D eigenvalue weighted by Gasteiger charge is -2.02. The molecule has 0 radical (unpaired) electrons. The zero-order valence-corrected chi connectivity index (χ0v) is 11.0. The molecule has 0 saturated heterocycles. The van der Waals surface area contributed by atoms with Crippen molar-refractivity contribution in [3.8, 4) is 5.75 Å². The van der Waals surface area contributed by atoms with Crippen molar-refractivity contribution >= 4 is 33.0 Å². The maximum atomic E-state index is 6.15. The molecule has 2 aromatic heterocycles. The quantitative estimate of drug-likeness (QED) is 0.701. The SMILES string of the molecule is Clc1cccc2cc(COc3cccnc3)sc12. The van der Waals surface area contributed by atoms with E-state index in [1.54, 1.807) is 23.7 Å². The molecule has 0 aliphatic carbocycles. The van der Waals surface area contributed by atoms with Crippen molar-refractivity contribution in [1.29, 1.82) is 0 Å². The minimum atomic E-state index is 0.543. The zero-order valence-electron chi connectivity index (χ0n) is 9.47. The summed E-state index contributed by atoms with van der Waals surface area (Å²) in [5.41, 5.74) is 0. The van der Waals surface area contributed by atoms with E-state index >= 15 is 0 Å². The number of ether oxygens (including phenoxy) is 1. The predicted molar refractivity (Wildman–Crippen MR) is 75.4 cm³/mol. The second kappa shape index (κ2) is 4.96. The van der Waals surface area contributed by atoms with Crippen molar-refractivity contribution in [3.05, 3.63) is 58.7 Å². The Morgan fingerprint density at radius 1 is 1.22 bits per heavy atom.